The summed E-state index contributed by atoms with van der Waals surface area (Å²) in [5.74, 6) is 0.570. The first-order chi connectivity index (χ1) is 8.02. The van der Waals surface area contributed by atoms with Crippen LogP contribution in [0.25, 0.3) is 0 Å². The molecular formula is C12H18Br2N2O. The molecule has 2 N–H and O–H groups in total. The first kappa shape index (κ1) is 15.1. The Hall–Kier alpha value is 0.0300. The van der Waals surface area contributed by atoms with Gasteiger partial charge in [-0.1, -0.05) is 13.8 Å². The number of aliphatic hydroxyl groups excluding tert-OH is 1. The number of rotatable bonds is 6. The molecule has 0 aliphatic heterocycles. The molecule has 0 radical (unpaired) electrons. The van der Waals surface area contributed by atoms with Gasteiger partial charge in [0.1, 0.15) is 0 Å². The molecule has 1 aromatic heterocycles. The molecule has 1 heterocycles. The summed E-state index contributed by atoms with van der Waals surface area (Å²) in [5.41, 5.74) is 0.954. The van der Waals surface area contributed by atoms with E-state index >= 15 is 0 Å². The van der Waals surface area contributed by atoms with Crippen molar-refractivity contribution in [1.29, 1.82) is 0 Å². The van der Waals surface area contributed by atoms with Crippen LogP contribution in [0.3, 0.4) is 0 Å². The summed E-state index contributed by atoms with van der Waals surface area (Å²) in [4.78, 5) is 4.33. The molecule has 5 heteroatoms. The van der Waals surface area contributed by atoms with Gasteiger partial charge < -0.3 is 10.4 Å². The van der Waals surface area contributed by atoms with Crippen molar-refractivity contribution >= 4 is 31.9 Å². The van der Waals surface area contributed by atoms with Crippen LogP contribution in [0, 0.1) is 5.92 Å². The Bertz CT molecular complexity index is 358. The van der Waals surface area contributed by atoms with E-state index in [0.29, 0.717) is 12.5 Å². The number of nitrogens with zero attached hydrogens (tertiary/aromatic N) is 1. The van der Waals surface area contributed by atoms with Crippen molar-refractivity contribution in [3.63, 3.8) is 0 Å². The minimum Gasteiger partial charge on any atom is -0.395 e. The van der Waals surface area contributed by atoms with Crippen molar-refractivity contribution in [2.75, 3.05) is 6.61 Å². The molecule has 17 heavy (non-hydrogen) atoms. The van der Waals surface area contributed by atoms with E-state index < -0.39 is 0 Å². The number of pyridine rings is 1. The van der Waals surface area contributed by atoms with Gasteiger partial charge in [0.25, 0.3) is 0 Å². The van der Waals surface area contributed by atoms with E-state index in [0.717, 1.165) is 21.1 Å². The van der Waals surface area contributed by atoms with E-state index in [2.05, 4.69) is 56.0 Å². The molecule has 0 bridgehead atoms. The van der Waals surface area contributed by atoms with Crippen LogP contribution in [0.2, 0.25) is 0 Å². The van der Waals surface area contributed by atoms with Gasteiger partial charge in [0.15, 0.2) is 0 Å². The summed E-state index contributed by atoms with van der Waals surface area (Å²) in [5, 5.41) is 12.6. The summed E-state index contributed by atoms with van der Waals surface area (Å²) < 4.78 is 1.93. The van der Waals surface area contributed by atoms with Gasteiger partial charge >= 0.3 is 0 Å². The molecule has 0 fully saturated rings. The van der Waals surface area contributed by atoms with Crippen LogP contribution in [0.1, 0.15) is 26.0 Å². The predicted octanol–water partition coefficient (Wildman–Crippen LogP) is 3.10. The molecular weight excluding hydrogens is 348 g/mol. The lowest BCUT2D eigenvalue weighted by molar-refractivity contribution is 0.223. The quantitative estimate of drug-likeness (QED) is 0.814. The Morgan fingerprint density at radius 2 is 2.12 bits per heavy atom. The van der Waals surface area contributed by atoms with E-state index in [1.807, 2.05) is 6.07 Å². The van der Waals surface area contributed by atoms with Crippen LogP contribution >= 0.6 is 31.9 Å². The predicted molar refractivity (Wildman–Crippen MR) is 76.8 cm³/mol. The summed E-state index contributed by atoms with van der Waals surface area (Å²) in [7, 11) is 0. The molecule has 1 atom stereocenters. The van der Waals surface area contributed by atoms with Crippen molar-refractivity contribution in [3.05, 3.63) is 26.9 Å². The van der Waals surface area contributed by atoms with Gasteiger partial charge in [0.05, 0.1) is 12.3 Å². The van der Waals surface area contributed by atoms with Gasteiger partial charge in [-0.25, -0.2) is 0 Å². The number of hydrogen-bond acceptors (Lipinski definition) is 3. The molecule has 1 aromatic rings. The molecule has 1 unspecified atom stereocenters. The van der Waals surface area contributed by atoms with Crippen molar-refractivity contribution in [3.8, 4) is 0 Å². The van der Waals surface area contributed by atoms with Gasteiger partial charge in [-0.3, -0.25) is 4.98 Å². The Kier molecular flexibility index (Phi) is 6.62. The van der Waals surface area contributed by atoms with Gasteiger partial charge in [-0.05, 0) is 50.3 Å². The lowest BCUT2D eigenvalue weighted by atomic mass is 10.0. The van der Waals surface area contributed by atoms with Crippen molar-refractivity contribution in [2.45, 2.75) is 32.9 Å². The lowest BCUT2D eigenvalue weighted by Crippen LogP contribution is -2.33. The standard InChI is InChI=1S/C12H18Br2N2O/c1-8(2)3-10(7-17)15-6-12-11(14)4-9(13)5-16-12/h4-5,8,10,15,17H,3,6-7H2,1-2H3. The molecule has 3 nitrogen and oxygen atoms in total. The average molecular weight is 366 g/mol. The zero-order chi connectivity index (χ0) is 12.8. The SMILES string of the molecule is CC(C)CC(CO)NCc1ncc(Br)cc1Br. The number of aliphatic hydroxyl groups is 1. The molecule has 0 amide bonds. The highest BCUT2D eigenvalue weighted by molar-refractivity contribution is 9.11. The van der Waals surface area contributed by atoms with E-state index in [1.165, 1.54) is 0 Å². The first-order valence-electron chi connectivity index (χ1n) is 5.67. The fourth-order valence-electron chi connectivity index (χ4n) is 1.61. The molecule has 0 spiro atoms. The maximum absolute atomic E-state index is 9.26. The monoisotopic (exact) mass is 364 g/mol. The van der Waals surface area contributed by atoms with Gasteiger partial charge in [-0.15, -0.1) is 0 Å². The third-order valence-corrected chi connectivity index (χ3v) is 3.54. The molecule has 0 aliphatic carbocycles. The maximum atomic E-state index is 9.26. The van der Waals surface area contributed by atoms with Crippen molar-refractivity contribution in [1.82, 2.24) is 10.3 Å². The third-order valence-electron chi connectivity index (χ3n) is 2.42. The Morgan fingerprint density at radius 3 is 2.65 bits per heavy atom. The molecule has 0 saturated heterocycles. The normalized spacial score (nSPS) is 13.1. The van der Waals surface area contributed by atoms with Crippen molar-refractivity contribution < 1.29 is 5.11 Å². The summed E-state index contributed by atoms with van der Waals surface area (Å²) in [6, 6.07) is 2.10. The van der Waals surface area contributed by atoms with Crippen LogP contribution < -0.4 is 5.32 Å². The molecule has 0 aliphatic rings. The van der Waals surface area contributed by atoms with Crippen molar-refractivity contribution in [2.24, 2.45) is 5.92 Å². The van der Waals surface area contributed by atoms with E-state index in [-0.39, 0.29) is 12.6 Å². The Balaban J connectivity index is 2.53. The second kappa shape index (κ2) is 7.46. The fourth-order valence-corrected chi connectivity index (χ4v) is 2.73. The van der Waals surface area contributed by atoms with Crippen LogP contribution in [-0.2, 0) is 6.54 Å². The lowest BCUT2D eigenvalue weighted by Gasteiger charge is -2.18. The zero-order valence-electron chi connectivity index (χ0n) is 10.1. The second-order valence-electron chi connectivity index (χ2n) is 4.47. The first-order valence-corrected chi connectivity index (χ1v) is 7.25. The Labute approximate surface area is 119 Å². The number of hydrogen-bond donors (Lipinski definition) is 2. The van der Waals surface area contributed by atoms with E-state index in [1.54, 1.807) is 6.20 Å². The largest absolute Gasteiger partial charge is 0.395 e. The second-order valence-corrected chi connectivity index (χ2v) is 6.24. The minimum atomic E-state index is 0.132. The zero-order valence-corrected chi connectivity index (χ0v) is 13.3. The topological polar surface area (TPSA) is 45.1 Å². The van der Waals surface area contributed by atoms with Gasteiger partial charge in [-0.2, -0.15) is 0 Å². The van der Waals surface area contributed by atoms with Crippen LogP contribution in [0.4, 0.5) is 0 Å². The molecule has 96 valence electrons. The fraction of sp³-hybridized carbons (Fsp3) is 0.583. The molecule has 0 saturated carbocycles. The summed E-state index contributed by atoms with van der Waals surface area (Å²) in [6.07, 6.45) is 2.74. The van der Waals surface area contributed by atoms with E-state index in [9.17, 15) is 5.11 Å². The molecule has 0 aromatic carbocycles. The highest BCUT2D eigenvalue weighted by atomic mass is 79.9. The summed E-state index contributed by atoms with van der Waals surface area (Å²) >= 11 is 6.84. The highest BCUT2D eigenvalue weighted by Crippen LogP contribution is 2.19. The maximum Gasteiger partial charge on any atom is 0.0684 e. The van der Waals surface area contributed by atoms with Crippen LogP contribution in [-0.4, -0.2) is 22.7 Å². The minimum absolute atomic E-state index is 0.132. The van der Waals surface area contributed by atoms with Gasteiger partial charge in [0.2, 0.25) is 0 Å². The number of halogens is 2. The highest BCUT2D eigenvalue weighted by Gasteiger charge is 2.10. The van der Waals surface area contributed by atoms with Crippen LogP contribution in [0.15, 0.2) is 21.2 Å². The number of aromatic nitrogens is 1. The van der Waals surface area contributed by atoms with Gasteiger partial charge in [0, 0.05) is 27.7 Å². The third kappa shape index (κ3) is 5.46. The smallest absolute Gasteiger partial charge is 0.0684 e. The van der Waals surface area contributed by atoms with E-state index in [4.69, 9.17) is 0 Å². The number of nitrogens with one attached hydrogen (secondary N) is 1. The Morgan fingerprint density at radius 1 is 1.41 bits per heavy atom. The van der Waals surface area contributed by atoms with Crippen LogP contribution in [0.5, 0.6) is 0 Å². The summed E-state index contributed by atoms with van der Waals surface area (Å²) in [6.45, 7) is 5.12. The molecule has 1 rings (SSSR count). The average Bonchev–Trinajstić information content (AvgIpc) is 2.25.